The second-order valence-electron chi connectivity index (χ2n) is 7.86. The Kier molecular flexibility index (Phi) is 6.09. The molecule has 0 aliphatic carbocycles. The lowest BCUT2D eigenvalue weighted by Crippen LogP contribution is -2.38. The fourth-order valence-electron chi connectivity index (χ4n) is 2.91. The second kappa shape index (κ2) is 7.89. The average molecular weight is 346 g/mol. The monoisotopic (exact) mass is 346 g/mol. The van der Waals surface area contributed by atoms with Crippen molar-refractivity contribution >= 4 is 11.8 Å². The summed E-state index contributed by atoms with van der Waals surface area (Å²) in [7, 11) is 0. The van der Waals surface area contributed by atoms with Crippen molar-refractivity contribution in [2.75, 3.05) is 26.2 Å². The second-order valence-corrected chi connectivity index (χ2v) is 7.86. The standard InChI is InChI=1S/C20H30N2O3/c1-15(2)18(23)21-11-6-12-22(14-13-21)19(24)16-7-9-17(10-8-16)25-20(3,4)5/h7-10,15H,6,11-14H2,1-5H3. The minimum Gasteiger partial charge on any atom is -0.488 e. The number of carbonyl (C=O) groups excluding carboxylic acids is 2. The van der Waals surface area contributed by atoms with Gasteiger partial charge in [-0.25, -0.2) is 0 Å². The molecule has 0 N–H and O–H groups in total. The molecule has 1 heterocycles. The van der Waals surface area contributed by atoms with Crippen molar-refractivity contribution in [2.24, 2.45) is 5.92 Å². The molecule has 5 nitrogen and oxygen atoms in total. The molecule has 2 amide bonds. The molecule has 0 aromatic heterocycles. The van der Waals surface area contributed by atoms with Crippen LogP contribution >= 0.6 is 0 Å². The molecule has 5 heteroatoms. The van der Waals surface area contributed by atoms with E-state index in [0.29, 0.717) is 25.2 Å². The Balaban J connectivity index is 1.99. The number of ether oxygens (including phenoxy) is 1. The quantitative estimate of drug-likeness (QED) is 0.844. The SMILES string of the molecule is CC(C)C(=O)N1CCCN(C(=O)c2ccc(OC(C)(C)C)cc2)CC1. The highest BCUT2D eigenvalue weighted by atomic mass is 16.5. The average Bonchev–Trinajstić information content (AvgIpc) is 2.78. The molecule has 1 aliphatic heterocycles. The van der Waals surface area contributed by atoms with Crippen LogP contribution in [-0.4, -0.2) is 53.4 Å². The van der Waals surface area contributed by atoms with Crippen LogP contribution < -0.4 is 4.74 Å². The van der Waals surface area contributed by atoms with E-state index in [4.69, 9.17) is 4.74 Å². The van der Waals surface area contributed by atoms with E-state index in [1.54, 1.807) is 0 Å². The number of rotatable bonds is 3. The summed E-state index contributed by atoms with van der Waals surface area (Å²) in [5, 5.41) is 0. The molecule has 0 saturated carbocycles. The highest BCUT2D eigenvalue weighted by molar-refractivity contribution is 5.94. The lowest BCUT2D eigenvalue weighted by molar-refractivity contribution is -0.134. The number of carbonyl (C=O) groups is 2. The van der Waals surface area contributed by atoms with Crippen LogP contribution in [0.4, 0.5) is 0 Å². The molecule has 1 aromatic rings. The third-order valence-electron chi connectivity index (χ3n) is 4.11. The molecule has 0 atom stereocenters. The first-order valence-corrected chi connectivity index (χ1v) is 9.04. The van der Waals surface area contributed by atoms with E-state index < -0.39 is 0 Å². The van der Waals surface area contributed by atoms with Crippen molar-refractivity contribution in [1.29, 1.82) is 0 Å². The van der Waals surface area contributed by atoms with Crippen LogP contribution in [0.25, 0.3) is 0 Å². The Morgan fingerprint density at radius 1 is 0.960 bits per heavy atom. The molecule has 0 radical (unpaired) electrons. The van der Waals surface area contributed by atoms with Crippen molar-refractivity contribution in [3.05, 3.63) is 29.8 Å². The Bertz CT molecular complexity index is 602. The van der Waals surface area contributed by atoms with Crippen molar-refractivity contribution in [3.63, 3.8) is 0 Å². The normalized spacial score (nSPS) is 15.9. The van der Waals surface area contributed by atoms with Crippen molar-refractivity contribution in [2.45, 2.75) is 46.6 Å². The molecule has 1 aromatic carbocycles. The van der Waals surface area contributed by atoms with Crippen LogP contribution in [0.15, 0.2) is 24.3 Å². The molecule has 0 bridgehead atoms. The largest absolute Gasteiger partial charge is 0.488 e. The third-order valence-corrected chi connectivity index (χ3v) is 4.11. The minimum atomic E-state index is -0.261. The molecule has 1 saturated heterocycles. The van der Waals surface area contributed by atoms with E-state index in [1.165, 1.54) is 0 Å². The molecular weight excluding hydrogens is 316 g/mol. The Morgan fingerprint density at radius 2 is 1.52 bits per heavy atom. The van der Waals surface area contributed by atoms with Gasteiger partial charge in [-0.05, 0) is 51.5 Å². The van der Waals surface area contributed by atoms with Gasteiger partial charge in [-0.1, -0.05) is 13.8 Å². The van der Waals surface area contributed by atoms with Gasteiger partial charge >= 0.3 is 0 Å². The van der Waals surface area contributed by atoms with Crippen molar-refractivity contribution in [1.82, 2.24) is 9.80 Å². The van der Waals surface area contributed by atoms with Crippen LogP contribution in [0.5, 0.6) is 5.75 Å². The van der Waals surface area contributed by atoms with Gasteiger partial charge in [-0.3, -0.25) is 9.59 Å². The number of hydrogen-bond acceptors (Lipinski definition) is 3. The van der Waals surface area contributed by atoms with Gasteiger partial charge in [-0.15, -0.1) is 0 Å². The van der Waals surface area contributed by atoms with Gasteiger partial charge in [-0.2, -0.15) is 0 Å². The lowest BCUT2D eigenvalue weighted by Gasteiger charge is -2.24. The van der Waals surface area contributed by atoms with Crippen molar-refractivity contribution < 1.29 is 14.3 Å². The predicted molar refractivity (Wildman–Crippen MR) is 98.8 cm³/mol. The molecular formula is C20H30N2O3. The minimum absolute atomic E-state index is 0.00221. The summed E-state index contributed by atoms with van der Waals surface area (Å²) < 4.78 is 5.80. The van der Waals surface area contributed by atoms with Gasteiger partial charge < -0.3 is 14.5 Å². The Morgan fingerprint density at radius 3 is 2.08 bits per heavy atom. The van der Waals surface area contributed by atoms with Gasteiger partial charge in [0, 0.05) is 37.7 Å². The van der Waals surface area contributed by atoms with Gasteiger partial charge in [0.25, 0.3) is 5.91 Å². The van der Waals surface area contributed by atoms with Crippen LogP contribution in [0, 0.1) is 5.92 Å². The maximum absolute atomic E-state index is 12.7. The first-order chi connectivity index (χ1) is 11.7. The van der Waals surface area contributed by atoms with E-state index in [2.05, 4.69) is 0 Å². The number of hydrogen-bond donors (Lipinski definition) is 0. The van der Waals surface area contributed by atoms with Gasteiger partial charge in [0.1, 0.15) is 11.4 Å². The Labute approximate surface area is 150 Å². The fraction of sp³-hybridized carbons (Fsp3) is 0.600. The van der Waals surface area contributed by atoms with Crippen LogP contribution in [-0.2, 0) is 4.79 Å². The zero-order valence-corrected chi connectivity index (χ0v) is 16.0. The number of amides is 2. The van der Waals surface area contributed by atoms with Crippen LogP contribution in [0.3, 0.4) is 0 Å². The molecule has 0 unspecified atom stereocenters. The summed E-state index contributed by atoms with van der Waals surface area (Å²) in [5.41, 5.74) is 0.396. The molecule has 25 heavy (non-hydrogen) atoms. The van der Waals surface area contributed by atoms with Crippen LogP contribution in [0.1, 0.15) is 51.4 Å². The van der Waals surface area contributed by atoms with Crippen molar-refractivity contribution in [3.8, 4) is 5.75 Å². The highest BCUT2D eigenvalue weighted by Crippen LogP contribution is 2.19. The van der Waals surface area contributed by atoms with E-state index in [0.717, 1.165) is 18.7 Å². The summed E-state index contributed by atoms with van der Waals surface area (Å²) >= 11 is 0. The maximum Gasteiger partial charge on any atom is 0.253 e. The fourth-order valence-corrected chi connectivity index (χ4v) is 2.91. The summed E-state index contributed by atoms with van der Waals surface area (Å²) in [5.74, 6) is 0.936. The number of nitrogens with zero attached hydrogens (tertiary/aromatic N) is 2. The molecule has 1 aliphatic rings. The summed E-state index contributed by atoms with van der Waals surface area (Å²) in [6.07, 6.45) is 0.815. The topological polar surface area (TPSA) is 49.9 Å². The highest BCUT2D eigenvalue weighted by Gasteiger charge is 2.24. The first-order valence-electron chi connectivity index (χ1n) is 9.04. The van der Waals surface area contributed by atoms with Gasteiger partial charge in [0.15, 0.2) is 0 Å². The third kappa shape index (κ3) is 5.48. The predicted octanol–water partition coefficient (Wildman–Crippen LogP) is 3.19. The smallest absolute Gasteiger partial charge is 0.253 e. The Hall–Kier alpha value is -2.04. The first kappa shape index (κ1) is 19.3. The molecule has 0 spiro atoms. The summed E-state index contributed by atoms with van der Waals surface area (Å²) in [4.78, 5) is 28.6. The van der Waals surface area contributed by atoms with Crippen LogP contribution in [0.2, 0.25) is 0 Å². The zero-order valence-electron chi connectivity index (χ0n) is 16.0. The van der Waals surface area contributed by atoms with E-state index in [1.807, 2.05) is 68.7 Å². The summed E-state index contributed by atoms with van der Waals surface area (Å²) in [6, 6.07) is 7.30. The molecule has 138 valence electrons. The van der Waals surface area contributed by atoms with E-state index >= 15 is 0 Å². The number of benzene rings is 1. The lowest BCUT2D eigenvalue weighted by atomic mass is 10.1. The maximum atomic E-state index is 12.7. The van der Waals surface area contributed by atoms with E-state index in [-0.39, 0.29) is 23.3 Å². The van der Waals surface area contributed by atoms with Gasteiger partial charge in [0.05, 0.1) is 0 Å². The van der Waals surface area contributed by atoms with E-state index in [9.17, 15) is 9.59 Å². The molecule has 1 fully saturated rings. The summed E-state index contributed by atoms with van der Waals surface area (Å²) in [6.45, 7) is 12.4. The van der Waals surface area contributed by atoms with Gasteiger partial charge in [0.2, 0.25) is 5.91 Å². The zero-order chi connectivity index (χ0) is 18.6. The molecule has 2 rings (SSSR count).